The highest BCUT2D eigenvalue weighted by molar-refractivity contribution is 5.74. The largest absolute Gasteiger partial charge is 0.354 e. The number of nitrogens with zero attached hydrogens (tertiary/aromatic N) is 3. The number of benzene rings is 1. The molecule has 2 aromatic rings. The van der Waals surface area contributed by atoms with Crippen molar-refractivity contribution in [1.29, 1.82) is 0 Å². The smallest absolute Gasteiger partial charge is 0.315 e. The van der Waals surface area contributed by atoms with Gasteiger partial charge in [0, 0.05) is 36.9 Å². The van der Waals surface area contributed by atoms with Crippen LogP contribution in [-0.2, 0) is 19.4 Å². The second kappa shape index (κ2) is 7.09. The number of aromatic nitrogens is 2. The van der Waals surface area contributed by atoms with E-state index in [1.165, 1.54) is 17.7 Å². The summed E-state index contributed by atoms with van der Waals surface area (Å²) >= 11 is 0. The zero-order chi connectivity index (χ0) is 17.1. The van der Waals surface area contributed by atoms with E-state index >= 15 is 0 Å². The average Bonchev–Trinajstić information content (AvgIpc) is 3.30. The molecule has 1 aromatic heterocycles. The third kappa shape index (κ3) is 3.57. The zero-order valence-corrected chi connectivity index (χ0v) is 14.2. The Labute approximate surface area is 147 Å². The molecule has 1 atom stereocenters. The van der Waals surface area contributed by atoms with Crippen LogP contribution in [0.25, 0.3) is 0 Å². The summed E-state index contributed by atoms with van der Waals surface area (Å²) in [4.78, 5) is 23.3. The van der Waals surface area contributed by atoms with Crippen molar-refractivity contribution in [2.75, 3.05) is 18.0 Å². The van der Waals surface area contributed by atoms with E-state index in [-0.39, 0.29) is 12.1 Å². The Morgan fingerprint density at radius 3 is 2.96 bits per heavy atom. The second-order valence-electron chi connectivity index (χ2n) is 6.72. The van der Waals surface area contributed by atoms with Crippen LogP contribution in [0.2, 0.25) is 0 Å². The zero-order valence-electron chi connectivity index (χ0n) is 14.2. The van der Waals surface area contributed by atoms with E-state index in [1.54, 1.807) is 6.33 Å². The van der Waals surface area contributed by atoms with Crippen molar-refractivity contribution < 1.29 is 4.79 Å². The van der Waals surface area contributed by atoms with Crippen LogP contribution in [0.15, 0.2) is 36.7 Å². The molecule has 130 valence electrons. The number of amides is 2. The molecule has 1 unspecified atom stereocenters. The Balaban J connectivity index is 1.31. The number of anilines is 1. The van der Waals surface area contributed by atoms with Crippen LogP contribution < -0.4 is 15.5 Å². The van der Waals surface area contributed by atoms with Gasteiger partial charge in [-0.15, -0.1) is 0 Å². The average molecular weight is 337 g/mol. The Morgan fingerprint density at radius 2 is 2.08 bits per heavy atom. The number of carbonyl (C=O) groups excluding carboxylic acids is 1. The van der Waals surface area contributed by atoms with Gasteiger partial charge in [-0.05, 0) is 31.2 Å². The maximum Gasteiger partial charge on any atom is 0.315 e. The summed E-state index contributed by atoms with van der Waals surface area (Å²) in [6.07, 6.45) is 5.91. The van der Waals surface area contributed by atoms with Gasteiger partial charge in [0.2, 0.25) is 0 Å². The highest BCUT2D eigenvalue weighted by Crippen LogP contribution is 2.29. The van der Waals surface area contributed by atoms with Gasteiger partial charge in [-0.2, -0.15) is 0 Å². The van der Waals surface area contributed by atoms with E-state index in [0.29, 0.717) is 6.54 Å². The van der Waals surface area contributed by atoms with E-state index in [0.717, 1.165) is 43.7 Å². The van der Waals surface area contributed by atoms with Gasteiger partial charge in [0.25, 0.3) is 0 Å². The number of fused-ring (bicyclic) bond motifs is 1. The summed E-state index contributed by atoms with van der Waals surface area (Å²) < 4.78 is 0. The van der Waals surface area contributed by atoms with Crippen molar-refractivity contribution in [3.63, 3.8) is 0 Å². The molecule has 2 aliphatic rings. The van der Waals surface area contributed by atoms with Crippen LogP contribution in [0.3, 0.4) is 0 Å². The number of hydrogen-bond acceptors (Lipinski definition) is 4. The molecule has 2 N–H and O–H groups in total. The Bertz CT molecular complexity index is 749. The highest BCUT2D eigenvalue weighted by Gasteiger charge is 2.28. The van der Waals surface area contributed by atoms with Crippen molar-refractivity contribution in [3.8, 4) is 0 Å². The molecule has 0 saturated carbocycles. The van der Waals surface area contributed by atoms with Crippen LogP contribution >= 0.6 is 0 Å². The van der Waals surface area contributed by atoms with Gasteiger partial charge < -0.3 is 15.5 Å². The number of aryl methyl sites for hydroxylation is 1. The van der Waals surface area contributed by atoms with Gasteiger partial charge in [0.05, 0.1) is 0 Å². The van der Waals surface area contributed by atoms with Crippen molar-refractivity contribution in [2.45, 2.75) is 38.3 Å². The first kappa shape index (κ1) is 15.9. The lowest BCUT2D eigenvalue weighted by atomic mass is 10.2. The number of nitrogens with one attached hydrogen (secondary N) is 2. The quantitative estimate of drug-likeness (QED) is 0.896. The molecule has 0 radical (unpaired) electrons. The molecular formula is C19H23N5O. The lowest BCUT2D eigenvalue weighted by Gasteiger charge is -2.20. The molecule has 1 saturated heterocycles. The summed E-state index contributed by atoms with van der Waals surface area (Å²) in [5, 5.41) is 6.01. The molecule has 4 rings (SSSR count). The van der Waals surface area contributed by atoms with Gasteiger partial charge in [-0.25, -0.2) is 14.8 Å². The summed E-state index contributed by atoms with van der Waals surface area (Å²) in [5.74, 6) is 1.07. The molecule has 1 aliphatic carbocycles. The molecule has 0 bridgehead atoms. The van der Waals surface area contributed by atoms with Crippen LogP contribution in [-0.4, -0.2) is 35.1 Å². The number of hydrogen-bond donors (Lipinski definition) is 2. The summed E-state index contributed by atoms with van der Waals surface area (Å²) in [7, 11) is 0. The molecule has 6 heteroatoms. The number of carbonyl (C=O) groups is 1. The molecule has 1 aliphatic heterocycles. The maximum absolute atomic E-state index is 12.1. The van der Waals surface area contributed by atoms with E-state index in [9.17, 15) is 4.79 Å². The van der Waals surface area contributed by atoms with E-state index in [2.05, 4.69) is 25.5 Å². The predicted octanol–water partition coefficient (Wildman–Crippen LogP) is 2.04. The fourth-order valence-electron chi connectivity index (χ4n) is 3.70. The number of urea groups is 1. The van der Waals surface area contributed by atoms with E-state index in [4.69, 9.17) is 0 Å². The standard InChI is InChI=1S/C19H23N5O/c25-19(20-11-14-5-2-1-3-6-14)23-15-9-10-24(12-15)18-16-7-4-8-17(16)21-13-22-18/h1-3,5-6,13,15H,4,7-12H2,(H2,20,23,25). The van der Waals surface area contributed by atoms with Crippen LogP contribution in [0.5, 0.6) is 0 Å². The molecule has 0 spiro atoms. The van der Waals surface area contributed by atoms with Gasteiger partial charge in [0.15, 0.2) is 0 Å². The van der Waals surface area contributed by atoms with Gasteiger partial charge in [-0.3, -0.25) is 0 Å². The van der Waals surface area contributed by atoms with E-state index in [1.807, 2.05) is 30.3 Å². The van der Waals surface area contributed by atoms with Crippen LogP contribution in [0.4, 0.5) is 10.6 Å². The molecule has 1 fully saturated rings. The molecule has 6 nitrogen and oxygen atoms in total. The Kier molecular flexibility index (Phi) is 4.50. The van der Waals surface area contributed by atoms with Gasteiger partial charge in [-0.1, -0.05) is 30.3 Å². The minimum absolute atomic E-state index is 0.108. The number of rotatable bonds is 4. The van der Waals surface area contributed by atoms with Gasteiger partial charge in [0.1, 0.15) is 12.1 Å². The SMILES string of the molecule is O=C(NCc1ccccc1)NC1CCN(c2ncnc3c2CCC3)C1. The second-order valence-corrected chi connectivity index (χ2v) is 6.72. The Hall–Kier alpha value is -2.63. The Morgan fingerprint density at radius 1 is 1.20 bits per heavy atom. The van der Waals surface area contributed by atoms with Crippen molar-refractivity contribution in [3.05, 3.63) is 53.5 Å². The third-order valence-electron chi connectivity index (χ3n) is 4.97. The monoisotopic (exact) mass is 337 g/mol. The van der Waals surface area contributed by atoms with Gasteiger partial charge >= 0.3 is 6.03 Å². The molecule has 25 heavy (non-hydrogen) atoms. The summed E-state index contributed by atoms with van der Waals surface area (Å²) in [5.41, 5.74) is 3.60. The molecule has 2 heterocycles. The third-order valence-corrected chi connectivity index (χ3v) is 4.97. The maximum atomic E-state index is 12.1. The first-order chi connectivity index (χ1) is 12.3. The van der Waals surface area contributed by atoms with E-state index < -0.39 is 0 Å². The normalized spacial score (nSPS) is 18.9. The van der Waals surface area contributed by atoms with Crippen LogP contribution in [0.1, 0.15) is 29.7 Å². The summed E-state index contributed by atoms with van der Waals surface area (Å²) in [6, 6.07) is 9.99. The topological polar surface area (TPSA) is 70.2 Å². The lowest BCUT2D eigenvalue weighted by molar-refractivity contribution is 0.237. The molecule has 1 aromatic carbocycles. The fraction of sp³-hybridized carbons (Fsp3) is 0.421. The lowest BCUT2D eigenvalue weighted by Crippen LogP contribution is -2.43. The predicted molar refractivity (Wildman–Crippen MR) is 96.5 cm³/mol. The molecule has 2 amide bonds. The van der Waals surface area contributed by atoms with Crippen molar-refractivity contribution in [2.24, 2.45) is 0 Å². The summed E-state index contributed by atoms with van der Waals surface area (Å²) in [6.45, 7) is 2.28. The highest BCUT2D eigenvalue weighted by atomic mass is 16.2. The molecular weight excluding hydrogens is 314 g/mol. The van der Waals surface area contributed by atoms with Crippen molar-refractivity contribution >= 4 is 11.8 Å². The first-order valence-corrected chi connectivity index (χ1v) is 8.95. The minimum atomic E-state index is -0.108. The minimum Gasteiger partial charge on any atom is -0.354 e. The fourth-order valence-corrected chi connectivity index (χ4v) is 3.70. The van der Waals surface area contributed by atoms with Crippen molar-refractivity contribution in [1.82, 2.24) is 20.6 Å². The van der Waals surface area contributed by atoms with Crippen LogP contribution in [0, 0.1) is 0 Å². The first-order valence-electron chi connectivity index (χ1n) is 8.95.